The highest BCUT2D eigenvalue weighted by molar-refractivity contribution is 6.34. The molecule has 0 radical (unpaired) electrons. The number of nitrogens with one attached hydrogen (secondary N) is 2. The molecule has 0 aliphatic carbocycles. The molecule has 0 aliphatic heterocycles. The zero-order chi connectivity index (χ0) is 19.4. The predicted octanol–water partition coefficient (Wildman–Crippen LogP) is 4.89. The van der Waals surface area contributed by atoms with Gasteiger partial charge in [-0.2, -0.15) is 0 Å². The van der Waals surface area contributed by atoms with Crippen LogP contribution in [-0.2, 0) is 9.59 Å². The Morgan fingerprint density at radius 2 is 1.58 bits per heavy atom. The van der Waals surface area contributed by atoms with Gasteiger partial charge in [-0.3, -0.25) is 9.59 Å². The van der Waals surface area contributed by atoms with Gasteiger partial charge >= 0.3 is 0 Å². The van der Waals surface area contributed by atoms with Crippen molar-refractivity contribution in [1.29, 1.82) is 0 Å². The molecule has 0 atom stereocenters. The van der Waals surface area contributed by atoms with Crippen molar-refractivity contribution in [3.63, 3.8) is 0 Å². The second-order valence-electron chi connectivity index (χ2n) is 6.01. The first-order valence-corrected chi connectivity index (χ1v) is 8.67. The molecule has 7 heteroatoms. The van der Waals surface area contributed by atoms with E-state index in [2.05, 4.69) is 10.6 Å². The molecule has 2 amide bonds. The van der Waals surface area contributed by atoms with E-state index < -0.39 is 11.8 Å². The Morgan fingerprint density at radius 3 is 2.19 bits per heavy atom. The molecule has 5 nitrogen and oxygen atoms in total. The molecule has 0 unspecified atom stereocenters. The zero-order valence-corrected chi connectivity index (χ0v) is 16.5. The lowest BCUT2D eigenvalue weighted by Crippen LogP contribution is -2.22. The molecule has 0 aliphatic rings. The van der Waals surface area contributed by atoms with Crippen LogP contribution in [0, 0.1) is 20.8 Å². The molecular formula is C19H20Cl2N2O3. The highest BCUT2D eigenvalue weighted by Gasteiger charge is 2.15. The van der Waals surface area contributed by atoms with Crippen molar-refractivity contribution in [1.82, 2.24) is 0 Å². The number of ether oxygens (including phenoxy) is 1. The molecule has 0 saturated heterocycles. The van der Waals surface area contributed by atoms with E-state index in [0.29, 0.717) is 27.2 Å². The molecule has 26 heavy (non-hydrogen) atoms. The molecule has 0 fully saturated rings. The molecule has 0 bridgehead atoms. The third-order valence-corrected chi connectivity index (χ3v) is 4.48. The second kappa shape index (κ2) is 8.43. The van der Waals surface area contributed by atoms with Crippen LogP contribution in [0.25, 0.3) is 0 Å². The molecule has 2 N–H and O–H groups in total. The Bertz CT molecular complexity index is 843. The quantitative estimate of drug-likeness (QED) is 0.708. The van der Waals surface area contributed by atoms with Gasteiger partial charge in [0.2, 0.25) is 11.8 Å². The fraction of sp³-hybridized carbons (Fsp3) is 0.263. The Kier molecular flexibility index (Phi) is 6.51. The minimum atomic E-state index is -0.469. The number of benzene rings is 2. The van der Waals surface area contributed by atoms with E-state index in [1.165, 1.54) is 7.11 Å². The number of carbonyl (C=O) groups is 2. The molecule has 2 aromatic rings. The maximum Gasteiger partial charge on any atom is 0.233 e. The maximum absolute atomic E-state index is 12.2. The smallest absolute Gasteiger partial charge is 0.233 e. The summed E-state index contributed by atoms with van der Waals surface area (Å²) in [5.74, 6) is -0.504. The van der Waals surface area contributed by atoms with Gasteiger partial charge in [0.15, 0.2) is 0 Å². The van der Waals surface area contributed by atoms with Gasteiger partial charge in [0.25, 0.3) is 0 Å². The third-order valence-electron chi connectivity index (χ3n) is 3.77. The van der Waals surface area contributed by atoms with E-state index in [1.807, 2.05) is 26.8 Å². The SMILES string of the molecule is COc1cc(Cl)c(C)cc1NC(=O)CC(=O)Nc1c(C)cc(C)cc1Cl. The lowest BCUT2D eigenvalue weighted by atomic mass is 10.1. The largest absolute Gasteiger partial charge is 0.495 e. The Hall–Kier alpha value is -2.24. The van der Waals surface area contributed by atoms with E-state index in [1.54, 1.807) is 18.2 Å². The molecule has 0 heterocycles. The summed E-state index contributed by atoms with van der Waals surface area (Å²) in [4.78, 5) is 24.4. The molecule has 0 aromatic heterocycles. The van der Waals surface area contributed by atoms with Gasteiger partial charge in [-0.25, -0.2) is 0 Å². The van der Waals surface area contributed by atoms with E-state index in [0.717, 1.165) is 16.7 Å². The van der Waals surface area contributed by atoms with Crippen LogP contribution in [0.1, 0.15) is 23.1 Å². The summed E-state index contributed by atoms with van der Waals surface area (Å²) in [6.45, 7) is 5.57. The molecule has 0 saturated carbocycles. The highest BCUT2D eigenvalue weighted by Crippen LogP contribution is 2.31. The second-order valence-corrected chi connectivity index (χ2v) is 6.83. The molecule has 138 valence electrons. The standard InChI is InChI=1S/C19H20Cl2N2O3/c1-10-5-12(3)19(14(21)6-10)23-18(25)9-17(24)22-15-7-11(2)13(20)8-16(15)26-4/h5-8H,9H2,1-4H3,(H,22,24)(H,23,25). The lowest BCUT2D eigenvalue weighted by molar-refractivity contribution is -0.123. The Balaban J connectivity index is 2.07. The average Bonchev–Trinajstić information content (AvgIpc) is 2.54. The summed E-state index contributed by atoms with van der Waals surface area (Å²) >= 11 is 12.2. The van der Waals surface area contributed by atoms with Crippen LogP contribution in [0.3, 0.4) is 0 Å². The fourth-order valence-corrected chi connectivity index (χ4v) is 3.05. The first-order valence-electron chi connectivity index (χ1n) is 7.92. The number of hydrogen-bond acceptors (Lipinski definition) is 3. The number of anilines is 2. The topological polar surface area (TPSA) is 67.4 Å². The number of rotatable bonds is 5. The van der Waals surface area contributed by atoms with Crippen molar-refractivity contribution in [2.75, 3.05) is 17.7 Å². The first-order chi connectivity index (χ1) is 12.2. The predicted molar refractivity (Wildman–Crippen MR) is 106 cm³/mol. The van der Waals surface area contributed by atoms with Crippen molar-refractivity contribution >= 4 is 46.4 Å². The van der Waals surface area contributed by atoms with Gasteiger partial charge in [-0.1, -0.05) is 29.3 Å². The van der Waals surface area contributed by atoms with Crippen LogP contribution < -0.4 is 15.4 Å². The van der Waals surface area contributed by atoms with Gasteiger partial charge in [0, 0.05) is 11.1 Å². The Labute approximate surface area is 162 Å². The van der Waals surface area contributed by atoms with Gasteiger partial charge < -0.3 is 15.4 Å². The number of amides is 2. The normalized spacial score (nSPS) is 10.4. The number of carbonyl (C=O) groups excluding carboxylic acids is 2. The van der Waals surface area contributed by atoms with Gasteiger partial charge in [-0.05, 0) is 49.6 Å². The fourth-order valence-electron chi connectivity index (χ4n) is 2.53. The summed E-state index contributed by atoms with van der Waals surface area (Å²) in [7, 11) is 1.48. The van der Waals surface area contributed by atoms with Crippen molar-refractivity contribution in [3.05, 3.63) is 51.0 Å². The summed E-state index contributed by atoms with van der Waals surface area (Å²) in [6, 6.07) is 6.97. The molecular weight excluding hydrogens is 375 g/mol. The highest BCUT2D eigenvalue weighted by atomic mass is 35.5. The first kappa shape index (κ1) is 20.1. The van der Waals surface area contributed by atoms with Gasteiger partial charge in [0.1, 0.15) is 12.2 Å². The van der Waals surface area contributed by atoms with Crippen molar-refractivity contribution in [2.45, 2.75) is 27.2 Å². The number of methoxy groups -OCH3 is 1. The van der Waals surface area contributed by atoms with Crippen LogP contribution in [0.15, 0.2) is 24.3 Å². The summed E-state index contributed by atoms with van der Waals surface area (Å²) < 4.78 is 5.21. The van der Waals surface area contributed by atoms with Crippen LogP contribution in [0.2, 0.25) is 10.0 Å². The number of halogens is 2. The summed E-state index contributed by atoms with van der Waals surface area (Å²) in [5.41, 5.74) is 3.58. The minimum Gasteiger partial charge on any atom is -0.495 e. The zero-order valence-electron chi connectivity index (χ0n) is 15.0. The summed E-state index contributed by atoms with van der Waals surface area (Å²) in [5, 5.41) is 6.32. The van der Waals surface area contributed by atoms with E-state index in [-0.39, 0.29) is 6.42 Å². The maximum atomic E-state index is 12.2. The van der Waals surface area contributed by atoms with Crippen molar-refractivity contribution < 1.29 is 14.3 Å². The Morgan fingerprint density at radius 1 is 0.923 bits per heavy atom. The van der Waals surface area contributed by atoms with Crippen molar-refractivity contribution in [3.8, 4) is 5.75 Å². The average molecular weight is 395 g/mol. The van der Waals surface area contributed by atoms with E-state index in [4.69, 9.17) is 27.9 Å². The van der Waals surface area contributed by atoms with Crippen LogP contribution >= 0.6 is 23.2 Å². The van der Waals surface area contributed by atoms with Crippen LogP contribution in [0.5, 0.6) is 5.75 Å². The summed E-state index contributed by atoms with van der Waals surface area (Å²) in [6.07, 6.45) is -0.353. The monoisotopic (exact) mass is 394 g/mol. The van der Waals surface area contributed by atoms with Crippen molar-refractivity contribution in [2.24, 2.45) is 0 Å². The molecule has 0 spiro atoms. The minimum absolute atomic E-state index is 0.353. The third kappa shape index (κ3) is 4.90. The molecule has 2 rings (SSSR count). The van der Waals surface area contributed by atoms with E-state index >= 15 is 0 Å². The van der Waals surface area contributed by atoms with Crippen LogP contribution in [0.4, 0.5) is 11.4 Å². The van der Waals surface area contributed by atoms with Crippen LogP contribution in [-0.4, -0.2) is 18.9 Å². The number of aryl methyl sites for hydroxylation is 3. The number of hydrogen-bond donors (Lipinski definition) is 2. The van der Waals surface area contributed by atoms with Gasteiger partial charge in [0.05, 0.1) is 23.5 Å². The molecule has 2 aromatic carbocycles. The van der Waals surface area contributed by atoms with Gasteiger partial charge in [-0.15, -0.1) is 0 Å². The lowest BCUT2D eigenvalue weighted by Gasteiger charge is -2.13. The van der Waals surface area contributed by atoms with E-state index in [9.17, 15) is 9.59 Å².